The van der Waals surface area contributed by atoms with Crippen LogP contribution >= 0.6 is 11.6 Å². The number of halogens is 1. The maximum absolute atomic E-state index is 13.7. The zero-order chi connectivity index (χ0) is 29.7. The molecule has 4 rings (SSSR count). The van der Waals surface area contributed by atoms with Gasteiger partial charge in [-0.3, -0.25) is 9.59 Å². The number of aromatic nitrogens is 1. The minimum absolute atomic E-state index is 0.126. The monoisotopic (exact) mass is 581 g/mol. The molecule has 1 fully saturated rings. The van der Waals surface area contributed by atoms with Crippen LogP contribution < -0.4 is 4.74 Å². The first-order valence-electron chi connectivity index (χ1n) is 14.2. The summed E-state index contributed by atoms with van der Waals surface area (Å²) in [6.07, 6.45) is 3.29. The summed E-state index contributed by atoms with van der Waals surface area (Å²) in [5, 5.41) is 1.33. The first-order valence-corrected chi connectivity index (χ1v) is 14.5. The normalized spacial score (nSPS) is 15.6. The van der Waals surface area contributed by atoms with Gasteiger partial charge in [0.15, 0.2) is 0 Å². The Hall–Kier alpha value is -3.52. The van der Waals surface area contributed by atoms with Crippen molar-refractivity contribution < 1.29 is 23.9 Å². The number of aryl methyl sites for hydroxylation is 1. The van der Waals surface area contributed by atoms with Gasteiger partial charge in [0.1, 0.15) is 18.0 Å². The first-order chi connectivity index (χ1) is 19.4. The lowest BCUT2D eigenvalue weighted by atomic mass is 9.93. The largest absolute Gasteiger partial charge is 0.487 e. The van der Waals surface area contributed by atoms with E-state index >= 15 is 0 Å². The second-order valence-corrected chi connectivity index (χ2v) is 12.2. The van der Waals surface area contributed by atoms with Crippen molar-refractivity contribution in [1.82, 2.24) is 14.4 Å². The molecule has 1 atom stereocenters. The molecule has 0 saturated carbocycles. The Kier molecular flexibility index (Phi) is 9.64. The third kappa shape index (κ3) is 7.61. The SMILES string of the molecule is CN(CCCC1CCCN(C(=O)OC(C)(C)C)C1)C(=O)C(=O)c1c(COc2ccc(Cl)cc2)n(C)c2ccccc12. The number of nitrogens with zero attached hydrogens (tertiary/aromatic N) is 3. The lowest BCUT2D eigenvalue weighted by molar-refractivity contribution is -0.125. The molecule has 2 amide bonds. The van der Waals surface area contributed by atoms with E-state index in [0.717, 1.165) is 36.6 Å². The van der Waals surface area contributed by atoms with Crippen molar-refractivity contribution >= 4 is 40.3 Å². The Labute approximate surface area is 247 Å². The molecule has 0 radical (unpaired) electrons. The number of fused-ring (bicyclic) bond motifs is 1. The molecular weight excluding hydrogens is 542 g/mol. The van der Waals surface area contributed by atoms with Gasteiger partial charge in [-0.25, -0.2) is 4.79 Å². The van der Waals surface area contributed by atoms with Gasteiger partial charge in [0.05, 0.1) is 11.3 Å². The fourth-order valence-electron chi connectivity index (χ4n) is 5.34. The van der Waals surface area contributed by atoms with Gasteiger partial charge in [0.25, 0.3) is 11.7 Å². The predicted molar refractivity (Wildman–Crippen MR) is 160 cm³/mol. The van der Waals surface area contributed by atoms with E-state index in [4.69, 9.17) is 21.1 Å². The summed E-state index contributed by atoms with van der Waals surface area (Å²) >= 11 is 5.99. The molecule has 8 nitrogen and oxygen atoms in total. The number of hydrogen-bond donors (Lipinski definition) is 0. The van der Waals surface area contributed by atoms with Crippen molar-refractivity contribution in [2.24, 2.45) is 13.0 Å². The van der Waals surface area contributed by atoms with Crippen LogP contribution in [0.3, 0.4) is 0 Å². The Bertz CT molecular complexity index is 1390. The Morgan fingerprint density at radius 2 is 1.78 bits per heavy atom. The highest BCUT2D eigenvalue weighted by Gasteiger charge is 2.30. The van der Waals surface area contributed by atoms with Crippen LogP contribution in [0.25, 0.3) is 10.9 Å². The molecule has 0 bridgehead atoms. The zero-order valence-corrected chi connectivity index (χ0v) is 25.4. The van der Waals surface area contributed by atoms with Crippen LogP contribution in [0, 0.1) is 5.92 Å². The van der Waals surface area contributed by atoms with E-state index in [2.05, 4.69) is 0 Å². The molecule has 1 unspecified atom stereocenters. The van der Waals surface area contributed by atoms with Crippen molar-refractivity contribution in [3.63, 3.8) is 0 Å². The average molecular weight is 582 g/mol. The van der Waals surface area contributed by atoms with Crippen LogP contribution in [0.4, 0.5) is 4.79 Å². The van der Waals surface area contributed by atoms with Gasteiger partial charge in [-0.15, -0.1) is 0 Å². The number of carbonyl (C=O) groups is 3. The molecule has 0 aliphatic carbocycles. The highest BCUT2D eigenvalue weighted by Crippen LogP contribution is 2.28. The van der Waals surface area contributed by atoms with E-state index < -0.39 is 17.3 Å². The molecule has 2 aromatic carbocycles. The molecular formula is C32H40ClN3O5. The number of para-hydroxylation sites is 1. The molecule has 1 saturated heterocycles. The summed E-state index contributed by atoms with van der Waals surface area (Å²) in [6, 6.07) is 14.6. The van der Waals surface area contributed by atoms with Crippen LogP contribution in [0.15, 0.2) is 48.5 Å². The summed E-state index contributed by atoms with van der Waals surface area (Å²) in [7, 11) is 3.54. The molecule has 41 heavy (non-hydrogen) atoms. The minimum atomic E-state index is -0.548. The summed E-state index contributed by atoms with van der Waals surface area (Å²) in [5.74, 6) is -0.138. The summed E-state index contributed by atoms with van der Waals surface area (Å²) in [4.78, 5) is 42.8. The second-order valence-electron chi connectivity index (χ2n) is 11.8. The number of benzene rings is 2. The van der Waals surface area contributed by atoms with E-state index in [0.29, 0.717) is 47.6 Å². The summed E-state index contributed by atoms with van der Waals surface area (Å²) in [6.45, 7) is 7.54. The smallest absolute Gasteiger partial charge is 0.410 e. The maximum atomic E-state index is 13.7. The number of ether oxygens (including phenoxy) is 2. The molecule has 9 heteroatoms. The molecule has 220 valence electrons. The van der Waals surface area contributed by atoms with E-state index in [1.165, 1.54) is 4.90 Å². The topological polar surface area (TPSA) is 81.1 Å². The van der Waals surface area contributed by atoms with Crippen LogP contribution in [0.5, 0.6) is 5.75 Å². The number of likely N-dealkylation sites (N-methyl/N-ethyl adjacent to an activating group) is 1. The number of carbonyl (C=O) groups excluding carboxylic acids is 3. The average Bonchev–Trinajstić information content (AvgIpc) is 3.22. The number of likely N-dealkylation sites (tertiary alicyclic amines) is 1. The van der Waals surface area contributed by atoms with Gasteiger partial charge in [-0.1, -0.05) is 29.8 Å². The Morgan fingerprint density at radius 1 is 1.07 bits per heavy atom. The van der Waals surface area contributed by atoms with Gasteiger partial charge < -0.3 is 23.8 Å². The minimum Gasteiger partial charge on any atom is -0.487 e. The van der Waals surface area contributed by atoms with Gasteiger partial charge >= 0.3 is 6.09 Å². The Morgan fingerprint density at radius 3 is 2.49 bits per heavy atom. The van der Waals surface area contributed by atoms with Crippen molar-refractivity contribution in [1.29, 1.82) is 0 Å². The summed E-state index contributed by atoms with van der Waals surface area (Å²) in [5.41, 5.74) is 1.34. The fourth-order valence-corrected chi connectivity index (χ4v) is 5.47. The van der Waals surface area contributed by atoms with E-state index in [9.17, 15) is 14.4 Å². The molecule has 1 aromatic heterocycles. The molecule has 2 heterocycles. The summed E-state index contributed by atoms with van der Waals surface area (Å²) < 4.78 is 13.4. The van der Waals surface area contributed by atoms with Gasteiger partial charge in [0, 0.05) is 49.7 Å². The molecule has 0 spiro atoms. The number of hydrogen-bond acceptors (Lipinski definition) is 5. The lowest BCUT2D eigenvalue weighted by Gasteiger charge is -2.34. The van der Waals surface area contributed by atoms with Crippen LogP contribution in [0.1, 0.15) is 62.5 Å². The van der Waals surface area contributed by atoms with Crippen molar-refractivity contribution in [2.75, 3.05) is 26.7 Å². The van der Waals surface area contributed by atoms with Gasteiger partial charge in [-0.2, -0.15) is 0 Å². The highest BCUT2D eigenvalue weighted by atomic mass is 35.5. The third-order valence-corrected chi connectivity index (χ3v) is 7.71. The standard InChI is InChI=1S/C32H40ClN3O5/c1-32(2,3)41-31(39)36-19-9-11-22(20-36)10-8-18-34(4)30(38)29(37)28-25-12-6-7-13-26(25)35(5)27(28)21-40-24-16-14-23(33)15-17-24/h6-7,12-17,22H,8-11,18-21H2,1-5H3. The molecule has 1 aliphatic rings. The quantitative estimate of drug-likeness (QED) is 0.213. The molecule has 0 N–H and O–H groups in total. The van der Waals surface area contributed by atoms with E-state index in [-0.39, 0.29) is 12.7 Å². The van der Waals surface area contributed by atoms with Crippen molar-refractivity contribution in [3.05, 3.63) is 64.8 Å². The third-order valence-electron chi connectivity index (χ3n) is 7.46. The highest BCUT2D eigenvalue weighted by molar-refractivity contribution is 6.45. The fraction of sp³-hybridized carbons (Fsp3) is 0.469. The van der Waals surface area contributed by atoms with E-state index in [1.54, 1.807) is 36.2 Å². The predicted octanol–water partition coefficient (Wildman–Crippen LogP) is 6.48. The molecule has 3 aromatic rings. The second kappa shape index (κ2) is 13.0. The van der Waals surface area contributed by atoms with Crippen molar-refractivity contribution in [2.45, 2.75) is 58.7 Å². The maximum Gasteiger partial charge on any atom is 0.410 e. The number of amides is 2. The van der Waals surface area contributed by atoms with E-state index in [1.807, 2.05) is 56.7 Å². The molecule has 1 aliphatic heterocycles. The number of Topliss-reactive ketones (excluding diaryl/α,β-unsaturated/α-hetero) is 1. The number of ketones is 1. The zero-order valence-electron chi connectivity index (χ0n) is 24.6. The number of rotatable bonds is 9. The van der Waals surface area contributed by atoms with Crippen molar-refractivity contribution in [3.8, 4) is 5.75 Å². The van der Waals surface area contributed by atoms with Crippen LogP contribution in [0.2, 0.25) is 5.02 Å². The first kappa shape index (κ1) is 30.4. The van der Waals surface area contributed by atoms with Crippen LogP contribution in [-0.4, -0.2) is 64.4 Å². The van der Waals surface area contributed by atoms with Gasteiger partial charge in [0.2, 0.25) is 0 Å². The lowest BCUT2D eigenvalue weighted by Crippen LogP contribution is -2.43. The number of piperidine rings is 1. The Balaban J connectivity index is 1.39. The van der Waals surface area contributed by atoms with Crippen LogP contribution in [-0.2, 0) is 23.2 Å². The van der Waals surface area contributed by atoms with Gasteiger partial charge in [-0.05, 0) is 82.7 Å².